The van der Waals surface area contributed by atoms with E-state index in [4.69, 9.17) is 0 Å². The minimum atomic E-state index is -0.482. The molecule has 0 aliphatic carbocycles. The van der Waals surface area contributed by atoms with E-state index in [0.29, 0.717) is 5.92 Å². The summed E-state index contributed by atoms with van der Waals surface area (Å²) in [5, 5.41) is 8.17. The minimum absolute atomic E-state index is 0.299. The average molecular weight is 517 g/mol. The van der Waals surface area contributed by atoms with Crippen LogP contribution in [0.4, 0.5) is 0 Å². The van der Waals surface area contributed by atoms with Crippen LogP contribution in [-0.2, 0) is 20.0 Å². The van der Waals surface area contributed by atoms with Crippen molar-refractivity contribution in [3.05, 3.63) is 121 Å². The van der Waals surface area contributed by atoms with E-state index in [-0.39, 0.29) is 0 Å². The maximum absolute atomic E-state index is 2.41. The van der Waals surface area contributed by atoms with Gasteiger partial charge >= 0.3 is 221 Å². The van der Waals surface area contributed by atoms with Gasteiger partial charge in [-0.3, -0.25) is 0 Å². The third-order valence-corrected chi connectivity index (χ3v) is 15.4. The first-order valence-electron chi connectivity index (χ1n) is 12.0. The molecule has 0 saturated carbocycles. The number of hydrogen-bond acceptors (Lipinski definition) is 0. The monoisotopic (exact) mass is 517 g/mol. The van der Waals surface area contributed by atoms with E-state index in [1.165, 1.54) is 37.2 Å². The Hall–Kier alpha value is -1.42. The molecule has 2 heterocycles. The predicted molar refractivity (Wildman–Crippen MR) is 150 cm³/mol. The van der Waals surface area contributed by atoms with Crippen molar-refractivity contribution in [1.29, 1.82) is 0 Å². The van der Waals surface area contributed by atoms with Crippen LogP contribution in [0.3, 0.4) is 0 Å². The second-order valence-corrected chi connectivity index (χ2v) is 15.7. The summed E-state index contributed by atoms with van der Waals surface area (Å²) in [5.41, 5.74) is 8.82. The quantitative estimate of drug-likeness (QED) is 0.177. The van der Waals surface area contributed by atoms with E-state index in [2.05, 4.69) is 136 Å². The van der Waals surface area contributed by atoms with Crippen molar-refractivity contribution in [2.75, 3.05) is 0 Å². The molecule has 0 nitrogen and oxygen atoms in total. The van der Waals surface area contributed by atoms with Gasteiger partial charge in [0.05, 0.1) is 0 Å². The van der Waals surface area contributed by atoms with E-state index in [1.54, 1.807) is 26.6 Å². The molecule has 34 heavy (non-hydrogen) atoms. The van der Waals surface area contributed by atoms with Gasteiger partial charge in [0, 0.05) is 0 Å². The van der Waals surface area contributed by atoms with Crippen LogP contribution in [0.5, 0.6) is 0 Å². The summed E-state index contributed by atoms with van der Waals surface area (Å²) in [6.07, 6.45) is 0. The van der Waals surface area contributed by atoms with E-state index in [1.807, 2.05) is 0 Å². The van der Waals surface area contributed by atoms with Gasteiger partial charge < -0.3 is 0 Å². The zero-order valence-electron chi connectivity index (χ0n) is 21.7. The van der Waals surface area contributed by atoms with Gasteiger partial charge in [-0.15, -0.1) is 0 Å². The van der Waals surface area contributed by atoms with Crippen LogP contribution in [-0.4, -0.2) is 3.81 Å². The molecule has 0 aliphatic heterocycles. The standard InChI is InChI=1S/C31H35P2.Ti/c1-20-21(2)25(6)32(24(20)5)31(33-26(7)22(3)23(4)27(33)8)30(29-17-13-10-14-18-29)19-28-15-11-9-12-16-28;/h9-18,30H,1-8H3;/q-1;+1. The van der Waals surface area contributed by atoms with Gasteiger partial charge in [-0.1, -0.05) is 0 Å². The summed E-state index contributed by atoms with van der Waals surface area (Å²) in [7, 11) is -0.965. The van der Waals surface area contributed by atoms with Crippen LogP contribution in [0.25, 0.3) is 0 Å². The summed E-state index contributed by atoms with van der Waals surface area (Å²) >= 11 is 2.37. The molecule has 4 aromatic rings. The molecular weight excluding hydrogens is 482 g/mol. The van der Waals surface area contributed by atoms with Gasteiger partial charge in [0.25, 0.3) is 0 Å². The normalized spacial score (nSPS) is 12.4. The average Bonchev–Trinajstić information content (AvgIpc) is 3.16. The Bertz CT molecular complexity index is 1230. The first-order chi connectivity index (χ1) is 16.2. The summed E-state index contributed by atoms with van der Waals surface area (Å²) in [4.78, 5) is 0. The zero-order chi connectivity index (χ0) is 24.7. The molecule has 173 valence electrons. The van der Waals surface area contributed by atoms with Crippen molar-refractivity contribution in [3.8, 4) is 0 Å². The van der Waals surface area contributed by atoms with E-state index in [0.717, 1.165) is 0 Å². The number of benzene rings is 2. The van der Waals surface area contributed by atoms with Crippen molar-refractivity contribution in [2.45, 2.75) is 61.3 Å². The third kappa shape index (κ3) is 4.33. The molecule has 3 heteroatoms. The number of hydrogen-bond donors (Lipinski definition) is 0. The van der Waals surface area contributed by atoms with Gasteiger partial charge in [-0.05, 0) is 0 Å². The van der Waals surface area contributed by atoms with Crippen LogP contribution in [0, 0.1) is 60.8 Å². The fourth-order valence-corrected chi connectivity index (χ4v) is 14.4. The third-order valence-electron chi connectivity index (χ3n) is 7.86. The molecule has 0 spiro atoms. The van der Waals surface area contributed by atoms with Gasteiger partial charge in [-0.25, -0.2) is 0 Å². The van der Waals surface area contributed by atoms with Crippen molar-refractivity contribution in [2.24, 2.45) is 0 Å². The van der Waals surface area contributed by atoms with Crippen LogP contribution in [0.1, 0.15) is 60.5 Å². The fourth-order valence-electron chi connectivity index (χ4n) is 5.18. The van der Waals surface area contributed by atoms with Crippen molar-refractivity contribution >= 4 is 18.9 Å². The summed E-state index contributed by atoms with van der Waals surface area (Å²) in [6.45, 7) is 19.0. The molecule has 0 bridgehead atoms. The first kappa shape index (κ1) is 25.7. The molecule has 1 atom stereocenters. The Kier molecular flexibility index (Phi) is 7.77. The predicted octanol–water partition coefficient (Wildman–Crippen LogP) is 9.56. The molecule has 0 saturated heterocycles. The number of rotatable bonds is 6. The molecular formula is C31H35P2Ti. The van der Waals surface area contributed by atoms with E-state index in [9.17, 15) is 0 Å². The van der Waals surface area contributed by atoms with Gasteiger partial charge in [0.2, 0.25) is 0 Å². The molecule has 0 N–H and O–H groups in total. The van der Waals surface area contributed by atoms with E-state index >= 15 is 0 Å². The van der Waals surface area contributed by atoms with Crippen LogP contribution in [0.15, 0.2) is 60.7 Å². The maximum atomic E-state index is 2.41. The van der Waals surface area contributed by atoms with Crippen LogP contribution in [0.2, 0.25) is 0 Å². The van der Waals surface area contributed by atoms with Gasteiger partial charge in [0.15, 0.2) is 0 Å². The van der Waals surface area contributed by atoms with Crippen LogP contribution >= 0.6 is 15.1 Å². The molecule has 0 aliphatic rings. The first-order valence-corrected chi connectivity index (χ1v) is 15.5. The van der Waals surface area contributed by atoms with Gasteiger partial charge in [0.1, 0.15) is 0 Å². The zero-order valence-corrected chi connectivity index (χ0v) is 25.1. The van der Waals surface area contributed by atoms with Gasteiger partial charge in [-0.2, -0.15) is 0 Å². The SMILES string of the molecule is Cc1c(C)c(C)p([C-](C([C](=[Ti+])c2ccccc2)c2ccccc2)p2c(C)c(C)c(C)c2C)c1C. The topological polar surface area (TPSA) is 0 Å². The Balaban J connectivity index is 2.10. The summed E-state index contributed by atoms with van der Waals surface area (Å²) < 4.78 is 1.47. The molecule has 2 aromatic carbocycles. The molecule has 0 amide bonds. The Morgan fingerprint density at radius 1 is 0.588 bits per heavy atom. The van der Waals surface area contributed by atoms with Crippen molar-refractivity contribution in [3.63, 3.8) is 0 Å². The Labute approximate surface area is 219 Å². The van der Waals surface area contributed by atoms with Crippen molar-refractivity contribution < 1.29 is 20.0 Å². The second-order valence-electron chi connectivity index (χ2n) is 9.49. The summed E-state index contributed by atoms with van der Waals surface area (Å²) in [6, 6.07) is 22.3. The molecule has 4 rings (SSSR count). The molecule has 1 unspecified atom stereocenters. The fraction of sp³-hybridized carbons (Fsp3) is 0.290. The Morgan fingerprint density at radius 2 is 0.941 bits per heavy atom. The molecule has 2 aromatic heterocycles. The van der Waals surface area contributed by atoms with E-state index < -0.39 is 15.1 Å². The summed E-state index contributed by atoms with van der Waals surface area (Å²) in [5.74, 6) is 0.299. The Morgan fingerprint density at radius 3 is 1.32 bits per heavy atom. The second kappa shape index (κ2) is 10.3. The molecule has 0 radical (unpaired) electrons. The van der Waals surface area contributed by atoms with Crippen molar-refractivity contribution in [1.82, 2.24) is 0 Å². The van der Waals surface area contributed by atoms with Crippen LogP contribution < -0.4 is 0 Å². The molecule has 0 fully saturated rings.